The summed E-state index contributed by atoms with van der Waals surface area (Å²) in [7, 11) is 0. The Hall–Kier alpha value is -1.77. The predicted octanol–water partition coefficient (Wildman–Crippen LogP) is 3.12. The monoisotopic (exact) mass is 205 g/mol. The summed E-state index contributed by atoms with van der Waals surface area (Å²) in [5, 5.41) is 0.928. The largest absolute Gasteiger partial charge is 0.424 e. The van der Waals surface area contributed by atoms with Gasteiger partial charge in [0.1, 0.15) is 0 Å². The fraction of sp³-hybridized carbons (Fsp3) is 0.250. The standard InChI is InChI=1S/C10H9NO2.C2H6/c1-7(12)13-10-6-11-9-5-3-2-4-8(9)10;1-2/h2-6,11H,1H3;1-2H3. The average Bonchev–Trinajstić information content (AvgIpc) is 2.64. The minimum absolute atomic E-state index is 0.301. The first-order chi connectivity index (χ1) is 7.27. The summed E-state index contributed by atoms with van der Waals surface area (Å²) in [5.41, 5.74) is 0.971. The van der Waals surface area contributed by atoms with Gasteiger partial charge in [-0.3, -0.25) is 4.79 Å². The van der Waals surface area contributed by atoms with E-state index in [1.165, 1.54) is 6.92 Å². The van der Waals surface area contributed by atoms with Gasteiger partial charge in [-0.15, -0.1) is 0 Å². The summed E-state index contributed by atoms with van der Waals surface area (Å²) in [4.78, 5) is 13.7. The van der Waals surface area contributed by atoms with Crippen molar-refractivity contribution in [2.75, 3.05) is 0 Å². The molecule has 1 N–H and O–H groups in total. The number of aromatic nitrogens is 1. The van der Waals surface area contributed by atoms with Gasteiger partial charge >= 0.3 is 5.97 Å². The summed E-state index contributed by atoms with van der Waals surface area (Å²) in [6.45, 7) is 5.39. The molecule has 0 aliphatic rings. The van der Waals surface area contributed by atoms with Gasteiger partial charge in [-0.2, -0.15) is 0 Å². The molecule has 0 aliphatic carbocycles. The summed E-state index contributed by atoms with van der Waals surface area (Å²) in [6, 6.07) is 7.67. The first kappa shape index (κ1) is 11.3. The first-order valence-corrected chi connectivity index (χ1v) is 5.02. The van der Waals surface area contributed by atoms with Crippen LogP contribution < -0.4 is 4.74 Å². The summed E-state index contributed by atoms with van der Waals surface area (Å²) < 4.78 is 5.00. The van der Waals surface area contributed by atoms with Crippen LogP contribution in [0.1, 0.15) is 20.8 Å². The molecule has 2 rings (SSSR count). The number of hydrogen-bond donors (Lipinski definition) is 1. The number of esters is 1. The molecule has 0 atom stereocenters. The summed E-state index contributed by atoms with van der Waals surface area (Å²) in [6.07, 6.45) is 1.69. The van der Waals surface area contributed by atoms with Gasteiger partial charge in [-0.05, 0) is 12.1 Å². The molecule has 1 aromatic carbocycles. The number of H-pyrrole nitrogens is 1. The van der Waals surface area contributed by atoms with E-state index in [9.17, 15) is 4.79 Å². The van der Waals surface area contributed by atoms with Gasteiger partial charge in [-0.25, -0.2) is 0 Å². The van der Waals surface area contributed by atoms with Gasteiger partial charge in [0, 0.05) is 24.0 Å². The molecule has 1 aromatic heterocycles. The quantitative estimate of drug-likeness (QED) is 0.727. The molecule has 0 unspecified atom stereocenters. The smallest absolute Gasteiger partial charge is 0.308 e. The molecule has 0 fully saturated rings. The number of aromatic amines is 1. The van der Waals surface area contributed by atoms with Crippen LogP contribution in [0.15, 0.2) is 30.5 Å². The number of hydrogen-bond acceptors (Lipinski definition) is 2. The van der Waals surface area contributed by atoms with E-state index in [-0.39, 0.29) is 5.97 Å². The molecule has 2 aromatic rings. The van der Waals surface area contributed by atoms with E-state index in [0.717, 1.165) is 10.9 Å². The van der Waals surface area contributed by atoms with E-state index in [1.807, 2.05) is 38.1 Å². The predicted molar refractivity (Wildman–Crippen MR) is 61.0 cm³/mol. The lowest BCUT2D eigenvalue weighted by atomic mass is 10.2. The van der Waals surface area contributed by atoms with E-state index in [4.69, 9.17) is 4.74 Å². The molecule has 0 bridgehead atoms. The third kappa shape index (κ3) is 2.59. The van der Waals surface area contributed by atoms with Crippen molar-refractivity contribution in [2.45, 2.75) is 20.8 Å². The maximum atomic E-state index is 10.7. The van der Waals surface area contributed by atoms with Crippen molar-refractivity contribution < 1.29 is 9.53 Å². The second-order valence-corrected chi connectivity index (χ2v) is 2.79. The highest BCUT2D eigenvalue weighted by Crippen LogP contribution is 2.24. The molecule has 0 aliphatic heterocycles. The number of ether oxygens (including phenoxy) is 1. The highest BCUT2D eigenvalue weighted by Gasteiger charge is 2.04. The van der Waals surface area contributed by atoms with E-state index in [0.29, 0.717) is 5.75 Å². The van der Waals surface area contributed by atoms with Crippen molar-refractivity contribution >= 4 is 16.9 Å². The van der Waals surface area contributed by atoms with Gasteiger partial charge in [0.25, 0.3) is 0 Å². The lowest BCUT2D eigenvalue weighted by molar-refractivity contribution is -0.131. The Balaban J connectivity index is 0.000000531. The second-order valence-electron chi connectivity index (χ2n) is 2.79. The Morgan fingerprint density at radius 2 is 1.93 bits per heavy atom. The van der Waals surface area contributed by atoms with Gasteiger partial charge in [0.2, 0.25) is 0 Å². The molecule has 0 spiro atoms. The maximum absolute atomic E-state index is 10.7. The third-order valence-electron chi connectivity index (χ3n) is 1.80. The Morgan fingerprint density at radius 1 is 1.27 bits per heavy atom. The molecule has 0 saturated heterocycles. The van der Waals surface area contributed by atoms with Gasteiger partial charge < -0.3 is 9.72 Å². The number of rotatable bonds is 1. The van der Waals surface area contributed by atoms with E-state index in [1.54, 1.807) is 6.20 Å². The zero-order valence-electron chi connectivity index (χ0n) is 9.20. The van der Waals surface area contributed by atoms with Crippen LogP contribution >= 0.6 is 0 Å². The number of nitrogens with one attached hydrogen (secondary N) is 1. The van der Waals surface area contributed by atoms with E-state index >= 15 is 0 Å². The van der Waals surface area contributed by atoms with Crippen LogP contribution in [0.3, 0.4) is 0 Å². The maximum Gasteiger partial charge on any atom is 0.308 e. The fourth-order valence-electron chi connectivity index (χ4n) is 1.28. The van der Waals surface area contributed by atoms with Crippen molar-refractivity contribution in [3.8, 4) is 5.75 Å². The van der Waals surface area contributed by atoms with Crippen molar-refractivity contribution in [3.63, 3.8) is 0 Å². The molecule has 1 heterocycles. The molecule has 0 amide bonds. The first-order valence-electron chi connectivity index (χ1n) is 5.02. The lowest BCUT2D eigenvalue weighted by Gasteiger charge is -1.96. The molecular weight excluding hydrogens is 190 g/mol. The minimum atomic E-state index is -0.301. The second kappa shape index (κ2) is 5.20. The van der Waals surface area contributed by atoms with Crippen molar-refractivity contribution in [2.24, 2.45) is 0 Å². The normalized spacial score (nSPS) is 9.27. The zero-order chi connectivity index (χ0) is 11.3. The Morgan fingerprint density at radius 3 is 2.60 bits per heavy atom. The molecule has 15 heavy (non-hydrogen) atoms. The molecule has 3 heteroatoms. The molecular formula is C12H15NO2. The van der Waals surface area contributed by atoms with E-state index < -0.39 is 0 Å². The number of benzene rings is 1. The number of fused-ring (bicyclic) bond motifs is 1. The molecule has 80 valence electrons. The van der Waals surface area contributed by atoms with Crippen LogP contribution in [0, 0.1) is 0 Å². The average molecular weight is 205 g/mol. The van der Waals surface area contributed by atoms with Gasteiger partial charge in [0.05, 0.1) is 0 Å². The van der Waals surface area contributed by atoms with Crippen LogP contribution in [0.5, 0.6) is 5.75 Å². The Bertz CT molecular complexity index is 446. The van der Waals surface area contributed by atoms with Crippen LogP contribution in [-0.2, 0) is 4.79 Å². The van der Waals surface area contributed by atoms with E-state index in [2.05, 4.69) is 4.98 Å². The van der Waals surface area contributed by atoms with Crippen LogP contribution in [-0.4, -0.2) is 11.0 Å². The van der Waals surface area contributed by atoms with Crippen molar-refractivity contribution in [3.05, 3.63) is 30.5 Å². The summed E-state index contributed by atoms with van der Waals surface area (Å²) in [5.74, 6) is 0.285. The third-order valence-corrected chi connectivity index (χ3v) is 1.80. The van der Waals surface area contributed by atoms with Gasteiger partial charge in [0.15, 0.2) is 5.75 Å². The topological polar surface area (TPSA) is 42.1 Å². The zero-order valence-corrected chi connectivity index (χ0v) is 9.20. The molecule has 0 radical (unpaired) electrons. The highest BCUT2D eigenvalue weighted by molar-refractivity contribution is 5.88. The van der Waals surface area contributed by atoms with Crippen LogP contribution in [0.4, 0.5) is 0 Å². The Kier molecular flexibility index (Phi) is 3.92. The fourth-order valence-corrected chi connectivity index (χ4v) is 1.28. The molecule has 3 nitrogen and oxygen atoms in total. The van der Waals surface area contributed by atoms with Gasteiger partial charge in [-0.1, -0.05) is 26.0 Å². The Labute approximate surface area is 89.1 Å². The van der Waals surface area contributed by atoms with Crippen LogP contribution in [0.2, 0.25) is 0 Å². The van der Waals surface area contributed by atoms with Crippen LogP contribution in [0.25, 0.3) is 10.9 Å². The SMILES string of the molecule is CC.CC(=O)Oc1c[nH]c2ccccc12. The minimum Gasteiger partial charge on any atom is -0.424 e. The van der Waals surface area contributed by atoms with Crippen molar-refractivity contribution in [1.29, 1.82) is 0 Å². The number of carbonyl (C=O) groups excluding carboxylic acids is 1. The summed E-state index contributed by atoms with van der Waals surface area (Å²) >= 11 is 0. The molecule has 0 saturated carbocycles. The number of para-hydroxylation sites is 1. The lowest BCUT2D eigenvalue weighted by Crippen LogP contribution is -2.00. The number of carbonyl (C=O) groups is 1. The van der Waals surface area contributed by atoms with Crippen molar-refractivity contribution in [1.82, 2.24) is 4.98 Å². The highest BCUT2D eigenvalue weighted by atomic mass is 16.5.